The van der Waals surface area contributed by atoms with E-state index in [1.807, 2.05) is 13.8 Å². The first-order chi connectivity index (χ1) is 14.9. The second-order valence-corrected chi connectivity index (χ2v) is 6.98. The second kappa shape index (κ2) is 10.2. The number of carbonyl (C=O) groups is 2. The molecule has 3 rings (SSSR count). The zero-order chi connectivity index (χ0) is 22.2. The minimum Gasteiger partial charge on any atom is -0.453 e. The van der Waals surface area contributed by atoms with E-state index < -0.39 is 11.7 Å². The number of carbonyl (C=O) groups excluding carboxylic acids is 2. The highest BCUT2D eigenvalue weighted by Gasteiger charge is 2.13. The highest BCUT2D eigenvalue weighted by Crippen LogP contribution is 2.25. The van der Waals surface area contributed by atoms with E-state index in [-0.39, 0.29) is 17.7 Å². The van der Waals surface area contributed by atoms with Gasteiger partial charge >= 0.3 is 0 Å². The van der Waals surface area contributed by atoms with E-state index in [4.69, 9.17) is 4.74 Å². The van der Waals surface area contributed by atoms with Crippen LogP contribution in [0, 0.1) is 5.82 Å². The molecule has 0 atom stereocenters. The maximum atomic E-state index is 14.3. The van der Waals surface area contributed by atoms with Crippen LogP contribution >= 0.6 is 0 Å². The summed E-state index contributed by atoms with van der Waals surface area (Å²) in [7, 11) is 0. The molecule has 2 N–H and O–H groups in total. The number of ether oxygens (including phenoxy) is 1. The van der Waals surface area contributed by atoms with Gasteiger partial charge in [0.05, 0.1) is 17.4 Å². The Morgan fingerprint density at radius 3 is 2.61 bits per heavy atom. The minimum absolute atomic E-state index is 0.0313. The van der Waals surface area contributed by atoms with Crippen molar-refractivity contribution < 1.29 is 18.7 Å². The number of benzene rings is 2. The van der Waals surface area contributed by atoms with Gasteiger partial charge in [-0.15, -0.1) is 0 Å². The van der Waals surface area contributed by atoms with E-state index in [1.54, 1.807) is 48.7 Å². The molecule has 0 fully saturated rings. The summed E-state index contributed by atoms with van der Waals surface area (Å²) in [6, 6.07) is 14.4. The average molecular weight is 419 g/mol. The fourth-order valence-corrected chi connectivity index (χ4v) is 2.71. The summed E-state index contributed by atoms with van der Waals surface area (Å²) in [4.78, 5) is 28.5. The number of hydrogen-bond acceptors (Lipinski definition) is 4. The highest BCUT2D eigenvalue weighted by atomic mass is 19.1. The van der Waals surface area contributed by atoms with Gasteiger partial charge in [0.25, 0.3) is 5.91 Å². The summed E-state index contributed by atoms with van der Waals surface area (Å²) in [5.74, 6) is -0.812. The Morgan fingerprint density at radius 1 is 1.10 bits per heavy atom. The quantitative estimate of drug-likeness (QED) is 0.539. The Balaban J connectivity index is 1.67. The zero-order valence-electron chi connectivity index (χ0n) is 17.1. The van der Waals surface area contributed by atoms with Crippen LogP contribution in [0.2, 0.25) is 0 Å². The van der Waals surface area contributed by atoms with Gasteiger partial charge in [0, 0.05) is 18.3 Å². The van der Waals surface area contributed by atoms with Crippen LogP contribution in [0.1, 0.15) is 29.8 Å². The number of amides is 2. The SMILES string of the molecule is CC(C)NC(=O)c1ccccc1NC(=O)/C=C/c1ccc(Oc2cccnc2)c(F)c1. The molecule has 0 saturated heterocycles. The van der Waals surface area contributed by atoms with Gasteiger partial charge in [0.15, 0.2) is 11.6 Å². The first kappa shape index (κ1) is 21.7. The lowest BCUT2D eigenvalue weighted by molar-refractivity contribution is -0.111. The van der Waals surface area contributed by atoms with E-state index in [0.717, 1.165) is 0 Å². The number of hydrogen-bond donors (Lipinski definition) is 2. The Labute approximate surface area is 179 Å². The summed E-state index contributed by atoms with van der Waals surface area (Å²) in [6.07, 6.45) is 5.82. The number of para-hydroxylation sites is 1. The molecule has 3 aromatic rings. The van der Waals surface area contributed by atoms with Crippen LogP contribution in [0.25, 0.3) is 6.08 Å². The molecule has 0 radical (unpaired) electrons. The van der Waals surface area contributed by atoms with Gasteiger partial charge in [-0.05, 0) is 61.9 Å². The summed E-state index contributed by atoms with van der Waals surface area (Å²) in [5, 5.41) is 5.48. The van der Waals surface area contributed by atoms with Crippen molar-refractivity contribution in [3.05, 3.63) is 90.0 Å². The number of halogens is 1. The average Bonchev–Trinajstić information content (AvgIpc) is 2.74. The van der Waals surface area contributed by atoms with Gasteiger partial charge in [-0.3, -0.25) is 14.6 Å². The maximum Gasteiger partial charge on any atom is 0.253 e. The van der Waals surface area contributed by atoms with Crippen molar-refractivity contribution in [1.82, 2.24) is 10.3 Å². The molecule has 0 unspecified atom stereocenters. The third-order valence-electron chi connectivity index (χ3n) is 4.09. The topological polar surface area (TPSA) is 80.3 Å². The summed E-state index contributed by atoms with van der Waals surface area (Å²) in [6.45, 7) is 3.71. The third-order valence-corrected chi connectivity index (χ3v) is 4.09. The molecule has 1 heterocycles. The molecule has 0 aliphatic rings. The molecule has 2 amide bonds. The standard InChI is InChI=1S/C24H22FN3O3/c1-16(2)27-24(30)19-7-3-4-8-21(19)28-23(29)12-10-17-9-11-22(20(25)14-17)31-18-6-5-13-26-15-18/h3-16H,1-2H3,(H,27,30)(H,28,29)/b12-10+. The first-order valence-electron chi connectivity index (χ1n) is 9.69. The van der Waals surface area contributed by atoms with Crippen molar-refractivity contribution in [3.8, 4) is 11.5 Å². The Morgan fingerprint density at radius 2 is 1.90 bits per heavy atom. The van der Waals surface area contributed by atoms with E-state index >= 15 is 0 Å². The Hall–Kier alpha value is -4.00. The lowest BCUT2D eigenvalue weighted by Crippen LogP contribution is -2.30. The van der Waals surface area contributed by atoms with Gasteiger partial charge < -0.3 is 15.4 Å². The first-order valence-corrected chi connectivity index (χ1v) is 9.69. The number of anilines is 1. The number of pyridine rings is 1. The summed E-state index contributed by atoms with van der Waals surface area (Å²) < 4.78 is 19.8. The smallest absolute Gasteiger partial charge is 0.253 e. The van der Waals surface area contributed by atoms with Crippen LogP contribution in [-0.4, -0.2) is 22.8 Å². The normalized spacial score (nSPS) is 10.8. The fourth-order valence-electron chi connectivity index (χ4n) is 2.71. The Bertz CT molecular complexity index is 1100. The van der Waals surface area contributed by atoms with Gasteiger partial charge in [-0.2, -0.15) is 0 Å². The molecule has 0 aliphatic carbocycles. The van der Waals surface area contributed by atoms with E-state index in [1.165, 1.54) is 30.5 Å². The lowest BCUT2D eigenvalue weighted by atomic mass is 10.1. The fraction of sp³-hybridized carbons (Fsp3) is 0.125. The van der Waals surface area contributed by atoms with Gasteiger partial charge in [0.1, 0.15) is 5.75 Å². The third kappa shape index (κ3) is 6.24. The maximum absolute atomic E-state index is 14.3. The van der Waals surface area contributed by atoms with Crippen LogP contribution < -0.4 is 15.4 Å². The van der Waals surface area contributed by atoms with Crippen LogP contribution in [0.5, 0.6) is 11.5 Å². The molecule has 7 heteroatoms. The molecule has 6 nitrogen and oxygen atoms in total. The minimum atomic E-state index is -0.567. The van der Waals surface area contributed by atoms with Crippen LogP contribution in [0.4, 0.5) is 10.1 Å². The molecular formula is C24H22FN3O3. The van der Waals surface area contributed by atoms with Crippen molar-refractivity contribution in [1.29, 1.82) is 0 Å². The zero-order valence-corrected chi connectivity index (χ0v) is 17.1. The Kier molecular flexibility index (Phi) is 7.11. The molecule has 0 saturated carbocycles. The summed E-state index contributed by atoms with van der Waals surface area (Å²) in [5.41, 5.74) is 1.24. The predicted molar refractivity (Wildman–Crippen MR) is 117 cm³/mol. The van der Waals surface area contributed by atoms with Crippen molar-refractivity contribution >= 4 is 23.6 Å². The van der Waals surface area contributed by atoms with Gasteiger partial charge in [0.2, 0.25) is 5.91 Å². The van der Waals surface area contributed by atoms with Crippen LogP contribution in [0.3, 0.4) is 0 Å². The van der Waals surface area contributed by atoms with Gasteiger partial charge in [-0.25, -0.2) is 4.39 Å². The van der Waals surface area contributed by atoms with Crippen molar-refractivity contribution in [2.75, 3.05) is 5.32 Å². The van der Waals surface area contributed by atoms with Crippen LogP contribution in [0.15, 0.2) is 73.1 Å². The second-order valence-electron chi connectivity index (χ2n) is 6.98. The summed E-state index contributed by atoms with van der Waals surface area (Å²) >= 11 is 0. The molecule has 2 aromatic carbocycles. The number of nitrogens with zero attached hydrogens (tertiary/aromatic N) is 1. The molecule has 31 heavy (non-hydrogen) atoms. The van der Waals surface area contributed by atoms with E-state index in [0.29, 0.717) is 22.6 Å². The van der Waals surface area contributed by atoms with Gasteiger partial charge in [-0.1, -0.05) is 18.2 Å². The van der Waals surface area contributed by atoms with E-state index in [9.17, 15) is 14.0 Å². The predicted octanol–water partition coefficient (Wildman–Crippen LogP) is 4.80. The van der Waals surface area contributed by atoms with Crippen molar-refractivity contribution in [3.63, 3.8) is 0 Å². The number of aromatic nitrogens is 1. The monoisotopic (exact) mass is 419 g/mol. The molecule has 1 aromatic heterocycles. The molecule has 0 bridgehead atoms. The molecular weight excluding hydrogens is 397 g/mol. The number of rotatable bonds is 7. The number of nitrogens with one attached hydrogen (secondary N) is 2. The molecule has 158 valence electrons. The highest BCUT2D eigenvalue weighted by molar-refractivity contribution is 6.07. The van der Waals surface area contributed by atoms with Crippen LogP contribution in [-0.2, 0) is 4.79 Å². The largest absolute Gasteiger partial charge is 0.453 e. The lowest BCUT2D eigenvalue weighted by Gasteiger charge is -2.12. The van der Waals surface area contributed by atoms with Crippen molar-refractivity contribution in [2.45, 2.75) is 19.9 Å². The molecule has 0 spiro atoms. The van der Waals surface area contributed by atoms with E-state index in [2.05, 4.69) is 15.6 Å². The van der Waals surface area contributed by atoms with Crippen molar-refractivity contribution in [2.24, 2.45) is 0 Å². The molecule has 0 aliphatic heterocycles.